The third-order valence-corrected chi connectivity index (χ3v) is 3.62. The van der Waals surface area contributed by atoms with Gasteiger partial charge in [0.1, 0.15) is 0 Å². The van der Waals surface area contributed by atoms with E-state index in [1.54, 1.807) is 6.07 Å². The van der Waals surface area contributed by atoms with Gasteiger partial charge in [-0.2, -0.15) is 0 Å². The van der Waals surface area contributed by atoms with E-state index < -0.39 is 10.0 Å². The van der Waals surface area contributed by atoms with Gasteiger partial charge in [-0.25, -0.2) is 23.1 Å². The molecule has 0 aliphatic carbocycles. The van der Waals surface area contributed by atoms with Gasteiger partial charge < -0.3 is 5.32 Å². The van der Waals surface area contributed by atoms with Crippen molar-refractivity contribution in [3.63, 3.8) is 0 Å². The van der Waals surface area contributed by atoms with Crippen molar-refractivity contribution in [2.75, 3.05) is 10.0 Å². The van der Waals surface area contributed by atoms with E-state index in [1.165, 1.54) is 43.6 Å². The Hall–Kier alpha value is -2.48. The number of hydrogen-bond acceptors (Lipinski definition) is 5. The molecule has 2 rings (SSSR count). The largest absolute Gasteiger partial charge is 0.326 e. The molecule has 1 heterocycles. The third-order valence-electron chi connectivity index (χ3n) is 2.28. The molecule has 1 aromatic carbocycles. The zero-order valence-corrected chi connectivity index (χ0v) is 11.4. The van der Waals surface area contributed by atoms with Crippen LogP contribution in [0.2, 0.25) is 0 Å². The van der Waals surface area contributed by atoms with Crippen molar-refractivity contribution in [3.05, 3.63) is 42.7 Å². The van der Waals surface area contributed by atoms with Crippen LogP contribution in [0.5, 0.6) is 0 Å². The summed E-state index contributed by atoms with van der Waals surface area (Å²) >= 11 is 0. The lowest BCUT2D eigenvalue weighted by atomic mass is 10.7. The van der Waals surface area contributed by atoms with Crippen LogP contribution in [0.3, 0.4) is 0 Å². The molecule has 0 saturated heterocycles. The van der Waals surface area contributed by atoms with E-state index in [1.807, 2.05) is 0 Å². The van der Waals surface area contributed by atoms with Crippen LogP contribution in [0.15, 0.2) is 47.6 Å². The molecule has 0 spiro atoms. The first kappa shape index (κ1) is 13.9. The zero-order valence-electron chi connectivity index (χ0n) is 10.6. The smallest absolute Gasteiger partial charge is 0.264 e. The van der Waals surface area contributed by atoms with E-state index in [2.05, 4.69) is 20.0 Å². The molecular formula is C12H12N4O3S. The minimum Gasteiger partial charge on any atom is -0.326 e. The molecule has 104 valence electrons. The summed E-state index contributed by atoms with van der Waals surface area (Å²) in [7, 11) is -3.75. The Morgan fingerprint density at radius 2 is 1.70 bits per heavy atom. The number of carbonyl (C=O) groups is 1. The molecule has 0 aliphatic rings. The Balaban J connectivity index is 2.19. The normalized spacial score (nSPS) is 10.8. The van der Waals surface area contributed by atoms with Crippen molar-refractivity contribution in [1.29, 1.82) is 0 Å². The molecule has 0 atom stereocenters. The van der Waals surface area contributed by atoms with Crippen LogP contribution < -0.4 is 10.0 Å². The van der Waals surface area contributed by atoms with Crippen LogP contribution in [0, 0.1) is 0 Å². The highest BCUT2D eigenvalue weighted by molar-refractivity contribution is 7.92. The van der Waals surface area contributed by atoms with E-state index in [4.69, 9.17) is 0 Å². The van der Waals surface area contributed by atoms with Gasteiger partial charge in [-0.3, -0.25) is 4.79 Å². The molecule has 0 aliphatic heterocycles. The van der Waals surface area contributed by atoms with E-state index in [9.17, 15) is 13.2 Å². The fraction of sp³-hybridized carbons (Fsp3) is 0.0833. The summed E-state index contributed by atoms with van der Waals surface area (Å²) in [6.07, 6.45) is 2.87. The van der Waals surface area contributed by atoms with Crippen LogP contribution in [0.25, 0.3) is 0 Å². The van der Waals surface area contributed by atoms with E-state index in [-0.39, 0.29) is 16.8 Å². The van der Waals surface area contributed by atoms with E-state index in [0.717, 1.165) is 0 Å². The number of nitrogens with zero attached hydrogens (tertiary/aromatic N) is 2. The van der Waals surface area contributed by atoms with Crippen LogP contribution >= 0.6 is 0 Å². The Morgan fingerprint density at radius 3 is 2.25 bits per heavy atom. The standard InChI is InChI=1S/C12H12N4O3S/c1-9(17)15-10-3-5-11(6-4-10)20(18,19)16-12-13-7-2-8-14-12/h2-8H,1H3,(H,15,17)(H,13,14,16)/i3+1,4+1,5+1,6+1,10+1,11+1. The van der Waals surface area contributed by atoms with Gasteiger partial charge in [-0.05, 0) is 30.3 Å². The molecule has 8 heteroatoms. The van der Waals surface area contributed by atoms with Crippen molar-refractivity contribution in [2.45, 2.75) is 11.8 Å². The van der Waals surface area contributed by atoms with Crippen LogP contribution in [-0.2, 0) is 14.8 Å². The quantitative estimate of drug-likeness (QED) is 0.884. The number of sulfonamides is 1. The summed E-state index contributed by atoms with van der Waals surface area (Å²) in [5.41, 5.74) is 0.521. The van der Waals surface area contributed by atoms with Crippen LogP contribution in [-0.4, -0.2) is 24.3 Å². The number of aromatic nitrogens is 2. The summed E-state index contributed by atoms with van der Waals surface area (Å²) in [5, 5.41) is 2.55. The Labute approximate surface area is 116 Å². The molecule has 1 amide bonds. The first-order chi connectivity index (χ1) is 9.47. The average molecular weight is 298 g/mol. The summed E-state index contributed by atoms with van der Waals surface area (Å²) in [5.74, 6) is -0.227. The highest BCUT2D eigenvalue weighted by Crippen LogP contribution is 2.16. The fourth-order valence-electron chi connectivity index (χ4n) is 1.45. The molecule has 2 aromatic rings. The minimum atomic E-state index is -3.75. The number of nitrogens with one attached hydrogen (secondary N) is 2. The molecule has 0 bridgehead atoms. The summed E-state index contributed by atoms with van der Waals surface area (Å²) in [6, 6.07) is 7.36. The monoisotopic (exact) mass is 298 g/mol. The highest BCUT2D eigenvalue weighted by Gasteiger charge is 2.15. The summed E-state index contributed by atoms with van der Waals surface area (Å²) in [4.78, 5) is 18.5. The predicted molar refractivity (Wildman–Crippen MR) is 73.6 cm³/mol. The lowest BCUT2D eigenvalue weighted by Crippen LogP contribution is -2.15. The minimum absolute atomic E-state index is 0.00145. The lowest BCUT2D eigenvalue weighted by molar-refractivity contribution is -0.114. The topological polar surface area (TPSA) is 101 Å². The maximum absolute atomic E-state index is 12.1. The molecule has 0 unspecified atom stereocenters. The number of hydrogen-bond donors (Lipinski definition) is 2. The summed E-state index contributed by atoms with van der Waals surface area (Å²) < 4.78 is 26.4. The van der Waals surface area contributed by atoms with Crippen molar-refractivity contribution >= 4 is 27.6 Å². The first-order valence-electron chi connectivity index (χ1n) is 5.65. The predicted octanol–water partition coefficient (Wildman–Crippen LogP) is 1.24. The van der Waals surface area contributed by atoms with E-state index >= 15 is 0 Å². The fourth-order valence-corrected chi connectivity index (χ4v) is 2.41. The van der Waals surface area contributed by atoms with Crippen molar-refractivity contribution in [3.8, 4) is 0 Å². The van der Waals surface area contributed by atoms with Gasteiger partial charge in [0.05, 0.1) is 4.90 Å². The molecule has 20 heavy (non-hydrogen) atoms. The maximum atomic E-state index is 12.1. The number of anilines is 2. The van der Waals surface area contributed by atoms with Gasteiger partial charge in [-0.1, -0.05) is 0 Å². The second-order valence-corrected chi connectivity index (χ2v) is 5.57. The zero-order chi connectivity index (χ0) is 14.6. The molecule has 0 fully saturated rings. The number of carbonyl (C=O) groups excluding carboxylic acids is 1. The highest BCUT2D eigenvalue weighted by atomic mass is 32.2. The molecule has 7 nitrogen and oxygen atoms in total. The lowest BCUT2D eigenvalue weighted by Gasteiger charge is -2.07. The van der Waals surface area contributed by atoms with Crippen LogP contribution in [0.4, 0.5) is 11.6 Å². The molecule has 0 radical (unpaired) electrons. The third kappa shape index (κ3) is 3.51. The number of rotatable bonds is 4. The average Bonchev–Trinajstić information content (AvgIpc) is 2.39. The van der Waals surface area contributed by atoms with Crippen molar-refractivity contribution < 1.29 is 13.2 Å². The summed E-state index contributed by atoms with van der Waals surface area (Å²) in [6.45, 7) is 1.37. The first-order valence-corrected chi connectivity index (χ1v) is 7.13. The van der Waals surface area contributed by atoms with Gasteiger partial charge >= 0.3 is 0 Å². The van der Waals surface area contributed by atoms with Gasteiger partial charge in [0.25, 0.3) is 10.0 Å². The van der Waals surface area contributed by atoms with Gasteiger partial charge in [0.15, 0.2) is 0 Å². The number of benzene rings is 1. The SMILES string of the molecule is CC(=O)N[13c]1[13cH][13cH][13c](S(=O)(=O)Nc2ncccn2)[13cH][13cH]1. The molecular weight excluding hydrogens is 286 g/mol. The van der Waals surface area contributed by atoms with Gasteiger partial charge in [0.2, 0.25) is 11.9 Å². The van der Waals surface area contributed by atoms with Gasteiger partial charge in [-0.15, -0.1) is 0 Å². The van der Waals surface area contributed by atoms with E-state index in [0.29, 0.717) is 5.69 Å². The Bertz CT molecular complexity index is 699. The maximum Gasteiger partial charge on any atom is 0.264 e. The molecule has 0 saturated carbocycles. The van der Waals surface area contributed by atoms with Crippen LogP contribution in [0.1, 0.15) is 6.92 Å². The second kappa shape index (κ2) is 5.66. The van der Waals surface area contributed by atoms with Crippen molar-refractivity contribution in [2.24, 2.45) is 0 Å². The number of amides is 1. The van der Waals surface area contributed by atoms with Crippen molar-refractivity contribution in [1.82, 2.24) is 9.97 Å². The van der Waals surface area contributed by atoms with Gasteiger partial charge in [0, 0.05) is 25.0 Å². The Kier molecular flexibility index (Phi) is 3.94. The molecule has 2 N–H and O–H groups in total. The Morgan fingerprint density at radius 1 is 1.10 bits per heavy atom. The molecule has 1 aromatic heterocycles. The second-order valence-electron chi connectivity index (χ2n) is 3.88.